The Morgan fingerprint density at radius 1 is 0.967 bits per heavy atom. The van der Waals surface area contributed by atoms with E-state index in [1.807, 2.05) is 15.9 Å². The van der Waals surface area contributed by atoms with Gasteiger partial charge in [-0.3, -0.25) is 9.69 Å². The van der Waals surface area contributed by atoms with Crippen LogP contribution >= 0.6 is 23.2 Å². The molecule has 4 rings (SSSR count). The molecule has 0 unspecified atom stereocenters. The molecule has 0 radical (unpaired) electrons. The molecule has 2 saturated heterocycles. The van der Waals surface area contributed by atoms with Gasteiger partial charge < -0.3 is 14.5 Å². The first kappa shape index (κ1) is 21.7. The summed E-state index contributed by atoms with van der Waals surface area (Å²) in [6, 6.07) is 5.65. The number of carbonyl (C=O) groups excluding carboxylic acids is 2. The predicted molar refractivity (Wildman–Crippen MR) is 117 cm³/mol. The fraction of sp³-hybridized carbons (Fsp3) is 0.636. The maximum atomic E-state index is 13.4. The zero-order chi connectivity index (χ0) is 21.3. The second kappa shape index (κ2) is 9.33. The van der Waals surface area contributed by atoms with E-state index in [4.69, 9.17) is 27.9 Å². The number of rotatable bonds is 3. The average molecular weight is 454 g/mol. The fourth-order valence-corrected chi connectivity index (χ4v) is 5.77. The molecule has 1 aromatic carbocycles. The highest BCUT2D eigenvalue weighted by Crippen LogP contribution is 2.35. The fourth-order valence-electron chi connectivity index (χ4n) is 5.45. The molecule has 1 saturated carbocycles. The largest absolute Gasteiger partial charge is 0.453 e. The number of carbonyl (C=O) groups is 2. The minimum Gasteiger partial charge on any atom is -0.453 e. The van der Waals surface area contributed by atoms with Crippen LogP contribution in [0.2, 0.25) is 10.0 Å². The number of methoxy groups -OCH3 is 1. The zero-order valence-corrected chi connectivity index (χ0v) is 18.9. The minimum absolute atomic E-state index is 0.0000258. The Bertz CT molecular complexity index is 800. The normalized spacial score (nSPS) is 27.1. The van der Waals surface area contributed by atoms with Crippen LogP contribution in [0, 0.1) is 0 Å². The van der Waals surface area contributed by atoms with Gasteiger partial charge in [-0.15, -0.1) is 0 Å². The number of ether oxygens (including phenoxy) is 1. The molecule has 1 aromatic rings. The Morgan fingerprint density at radius 3 is 2.37 bits per heavy atom. The van der Waals surface area contributed by atoms with E-state index in [1.54, 1.807) is 12.1 Å². The van der Waals surface area contributed by atoms with Crippen molar-refractivity contribution in [1.29, 1.82) is 0 Å². The van der Waals surface area contributed by atoms with Crippen molar-refractivity contribution in [3.8, 4) is 0 Å². The first-order chi connectivity index (χ1) is 14.5. The van der Waals surface area contributed by atoms with Crippen molar-refractivity contribution >= 4 is 35.2 Å². The van der Waals surface area contributed by atoms with E-state index in [0.717, 1.165) is 37.9 Å². The maximum absolute atomic E-state index is 13.4. The highest BCUT2D eigenvalue weighted by Gasteiger charge is 2.48. The third-order valence-electron chi connectivity index (χ3n) is 6.81. The van der Waals surface area contributed by atoms with Crippen LogP contribution in [0.3, 0.4) is 0 Å². The highest BCUT2D eigenvalue weighted by atomic mass is 35.5. The smallest absolute Gasteiger partial charge is 0.409 e. The van der Waals surface area contributed by atoms with Gasteiger partial charge in [0.05, 0.1) is 35.7 Å². The summed E-state index contributed by atoms with van der Waals surface area (Å²) in [4.78, 5) is 32.3. The van der Waals surface area contributed by atoms with Crippen LogP contribution in [-0.4, -0.2) is 78.1 Å². The van der Waals surface area contributed by atoms with Crippen LogP contribution in [0.5, 0.6) is 0 Å². The molecule has 30 heavy (non-hydrogen) atoms. The summed E-state index contributed by atoms with van der Waals surface area (Å²) in [5, 5.41) is 0.948. The first-order valence-corrected chi connectivity index (χ1v) is 11.6. The van der Waals surface area contributed by atoms with Gasteiger partial charge in [-0.2, -0.15) is 0 Å². The Hall–Kier alpha value is -1.50. The number of likely N-dealkylation sites (tertiary alicyclic amines) is 1. The zero-order valence-electron chi connectivity index (χ0n) is 17.4. The van der Waals surface area contributed by atoms with Crippen molar-refractivity contribution in [3.63, 3.8) is 0 Å². The number of hydrogen-bond acceptors (Lipinski definition) is 4. The molecule has 8 heteroatoms. The molecule has 0 bridgehead atoms. The van der Waals surface area contributed by atoms with Gasteiger partial charge in [0.2, 0.25) is 5.91 Å². The topological polar surface area (TPSA) is 53.1 Å². The van der Waals surface area contributed by atoms with E-state index in [-0.39, 0.29) is 36.5 Å². The summed E-state index contributed by atoms with van der Waals surface area (Å²) in [6.07, 6.45) is 5.42. The molecular formula is C22H29Cl2N3O3. The van der Waals surface area contributed by atoms with E-state index in [2.05, 4.69) is 4.90 Å². The standard InChI is InChI=1S/C22H29Cl2N3O3/c1-30-22(29)26-11-12-27(20(28)14-15-7-8-16(23)17(24)13-15)21-18(5-4-6-19(21)26)25-9-2-3-10-25/h7-8,13,18-19,21H,2-6,9-12,14H2,1H3/t18-,19+,21-/m0/s1. The molecule has 2 heterocycles. The summed E-state index contributed by atoms with van der Waals surface area (Å²) < 4.78 is 5.06. The lowest BCUT2D eigenvalue weighted by Crippen LogP contribution is -2.69. The van der Waals surface area contributed by atoms with Crippen LogP contribution in [0.1, 0.15) is 37.7 Å². The molecule has 2 aliphatic heterocycles. The number of halogens is 2. The SMILES string of the molecule is COC(=O)N1CCN(C(=O)Cc2ccc(Cl)c(Cl)c2)[C@@H]2[C@H]1CCC[C@@H]2N1CCCC1. The lowest BCUT2D eigenvalue weighted by molar-refractivity contribution is -0.141. The van der Waals surface area contributed by atoms with Crippen LogP contribution in [-0.2, 0) is 16.0 Å². The van der Waals surface area contributed by atoms with Gasteiger partial charge in [0.1, 0.15) is 0 Å². The number of hydrogen-bond donors (Lipinski definition) is 0. The summed E-state index contributed by atoms with van der Waals surface area (Å²) in [5.41, 5.74) is 0.856. The molecule has 3 aliphatic rings. The van der Waals surface area contributed by atoms with Crippen molar-refractivity contribution in [2.24, 2.45) is 0 Å². The summed E-state index contributed by atoms with van der Waals surface area (Å²) in [5.74, 6) is 0.0824. The predicted octanol–water partition coefficient (Wildman–Crippen LogP) is 3.83. The van der Waals surface area contributed by atoms with Gasteiger partial charge in [-0.25, -0.2) is 4.79 Å². The number of benzene rings is 1. The van der Waals surface area contributed by atoms with Crippen LogP contribution in [0.15, 0.2) is 18.2 Å². The monoisotopic (exact) mass is 453 g/mol. The summed E-state index contributed by atoms with van der Waals surface area (Å²) in [6.45, 7) is 3.18. The average Bonchev–Trinajstić information content (AvgIpc) is 3.29. The van der Waals surface area contributed by atoms with Gasteiger partial charge in [0, 0.05) is 19.1 Å². The highest BCUT2D eigenvalue weighted by molar-refractivity contribution is 6.42. The minimum atomic E-state index is -0.288. The molecule has 164 valence electrons. The van der Waals surface area contributed by atoms with E-state index in [1.165, 1.54) is 20.0 Å². The first-order valence-electron chi connectivity index (χ1n) is 10.8. The van der Waals surface area contributed by atoms with E-state index >= 15 is 0 Å². The Labute approximate surface area is 188 Å². The quantitative estimate of drug-likeness (QED) is 0.697. The number of amides is 2. The summed E-state index contributed by atoms with van der Waals surface area (Å²) in [7, 11) is 1.43. The van der Waals surface area contributed by atoms with E-state index < -0.39 is 0 Å². The molecule has 2 amide bonds. The van der Waals surface area contributed by atoms with Crippen molar-refractivity contribution < 1.29 is 14.3 Å². The molecular weight excluding hydrogens is 425 g/mol. The van der Waals surface area contributed by atoms with E-state index in [9.17, 15) is 9.59 Å². The Morgan fingerprint density at radius 2 is 1.67 bits per heavy atom. The van der Waals surface area contributed by atoms with Crippen LogP contribution < -0.4 is 0 Å². The Kier molecular flexibility index (Phi) is 6.75. The third kappa shape index (κ3) is 4.27. The molecule has 0 N–H and O–H groups in total. The summed E-state index contributed by atoms with van der Waals surface area (Å²) >= 11 is 12.2. The second-order valence-electron chi connectivity index (χ2n) is 8.48. The molecule has 6 nitrogen and oxygen atoms in total. The molecule has 1 aliphatic carbocycles. The van der Waals surface area contributed by atoms with Gasteiger partial charge in [0.15, 0.2) is 0 Å². The van der Waals surface area contributed by atoms with Gasteiger partial charge in [-0.1, -0.05) is 29.3 Å². The van der Waals surface area contributed by atoms with Gasteiger partial charge >= 0.3 is 6.09 Å². The van der Waals surface area contributed by atoms with Crippen molar-refractivity contribution in [2.45, 2.75) is 56.7 Å². The van der Waals surface area contributed by atoms with Crippen LogP contribution in [0.25, 0.3) is 0 Å². The number of fused-ring (bicyclic) bond motifs is 1. The van der Waals surface area contributed by atoms with Crippen molar-refractivity contribution in [2.75, 3.05) is 33.3 Å². The second-order valence-corrected chi connectivity index (χ2v) is 9.29. The molecule has 3 atom stereocenters. The van der Waals surface area contributed by atoms with Gasteiger partial charge in [-0.05, 0) is 62.9 Å². The number of piperazine rings is 1. The van der Waals surface area contributed by atoms with E-state index in [0.29, 0.717) is 23.1 Å². The molecule has 0 spiro atoms. The number of nitrogens with zero attached hydrogens (tertiary/aromatic N) is 3. The Balaban J connectivity index is 1.59. The maximum Gasteiger partial charge on any atom is 0.409 e. The van der Waals surface area contributed by atoms with Gasteiger partial charge in [0.25, 0.3) is 0 Å². The molecule has 0 aromatic heterocycles. The van der Waals surface area contributed by atoms with Crippen molar-refractivity contribution in [1.82, 2.24) is 14.7 Å². The van der Waals surface area contributed by atoms with Crippen molar-refractivity contribution in [3.05, 3.63) is 33.8 Å². The third-order valence-corrected chi connectivity index (χ3v) is 7.55. The lowest BCUT2D eigenvalue weighted by atomic mass is 9.81. The molecule has 3 fully saturated rings. The lowest BCUT2D eigenvalue weighted by Gasteiger charge is -2.54. The van der Waals surface area contributed by atoms with Crippen LogP contribution in [0.4, 0.5) is 4.79 Å².